The molecule has 0 aromatic heterocycles. The van der Waals surface area contributed by atoms with Gasteiger partial charge in [0, 0.05) is 11.1 Å². The van der Waals surface area contributed by atoms with Crippen molar-refractivity contribution in [1.82, 2.24) is 0 Å². The van der Waals surface area contributed by atoms with E-state index in [1.165, 1.54) is 6.07 Å². The fraction of sp³-hybridized carbons (Fsp3) is 0.333. The van der Waals surface area contributed by atoms with Crippen molar-refractivity contribution < 1.29 is 17.7 Å². The summed E-state index contributed by atoms with van der Waals surface area (Å²) >= 11 is 11.5. The summed E-state index contributed by atoms with van der Waals surface area (Å²) in [4.78, 5) is 0. The van der Waals surface area contributed by atoms with Gasteiger partial charge in [-0.15, -0.1) is 0 Å². The van der Waals surface area contributed by atoms with Gasteiger partial charge in [0.05, 0.1) is 17.4 Å². The lowest BCUT2D eigenvalue weighted by atomic mass is 10.3. The Kier molecular flexibility index (Phi) is 4.86. The molecule has 0 bridgehead atoms. The highest BCUT2D eigenvalue weighted by Gasteiger charge is 2.06. The minimum Gasteiger partial charge on any atom is -0.492 e. The molecule has 0 radical (unpaired) electrons. The van der Waals surface area contributed by atoms with E-state index in [9.17, 15) is 8.42 Å². The van der Waals surface area contributed by atoms with Gasteiger partial charge in [-0.1, -0.05) is 23.2 Å². The first-order valence-corrected chi connectivity index (χ1v) is 6.78. The predicted octanol–water partition coefficient (Wildman–Crippen LogP) is 2.65. The highest BCUT2D eigenvalue weighted by molar-refractivity contribution is 7.85. The second-order valence-corrected chi connectivity index (χ2v) is 5.48. The second-order valence-electron chi connectivity index (χ2n) is 3.06. The highest BCUT2D eigenvalue weighted by Crippen LogP contribution is 2.27. The molecule has 1 aromatic rings. The van der Waals surface area contributed by atoms with Gasteiger partial charge in [0.15, 0.2) is 0 Å². The number of ether oxygens (including phenoxy) is 1. The average Bonchev–Trinajstić information content (AvgIpc) is 2.16. The van der Waals surface area contributed by atoms with Gasteiger partial charge in [-0.2, -0.15) is 8.42 Å². The van der Waals surface area contributed by atoms with Crippen LogP contribution in [0.1, 0.15) is 6.42 Å². The van der Waals surface area contributed by atoms with Gasteiger partial charge >= 0.3 is 0 Å². The Balaban J connectivity index is 2.46. The van der Waals surface area contributed by atoms with Gasteiger partial charge in [0.25, 0.3) is 10.1 Å². The molecule has 16 heavy (non-hydrogen) atoms. The standard InChI is InChI=1S/C9H10Cl2O4S/c10-7-2-3-8(11)9(6-7)15-4-1-5-16(12,13)14/h2-3,6H,1,4-5H2,(H,12,13,14). The molecule has 1 aromatic carbocycles. The summed E-state index contributed by atoms with van der Waals surface area (Å²) in [5.41, 5.74) is 0. The van der Waals surface area contributed by atoms with Crippen LogP contribution in [0.25, 0.3) is 0 Å². The molecule has 0 unspecified atom stereocenters. The maximum Gasteiger partial charge on any atom is 0.264 e. The van der Waals surface area contributed by atoms with E-state index in [1.807, 2.05) is 0 Å². The van der Waals surface area contributed by atoms with Gasteiger partial charge < -0.3 is 4.74 Å². The van der Waals surface area contributed by atoms with Gasteiger partial charge in [-0.3, -0.25) is 4.55 Å². The molecule has 4 nitrogen and oxygen atoms in total. The number of hydrogen-bond donors (Lipinski definition) is 1. The lowest BCUT2D eigenvalue weighted by molar-refractivity contribution is 0.316. The summed E-state index contributed by atoms with van der Waals surface area (Å²) in [5.74, 6) is 0.0510. The quantitative estimate of drug-likeness (QED) is 0.667. The third kappa shape index (κ3) is 5.03. The van der Waals surface area contributed by atoms with E-state index in [-0.39, 0.29) is 18.8 Å². The SMILES string of the molecule is O=S(=O)(O)CCCOc1cc(Cl)ccc1Cl. The molecule has 0 atom stereocenters. The first kappa shape index (κ1) is 13.6. The summed E-state index contributed by atoms with van der Waals surface area (Å²) in [6.07, 6.45) is 0.182. The predicted molar refractivity (Wildman–Crippen MR) is 63.0 cm³/mol. The third-order valence-electron chi connectivity index (χ3n) is 1.70. The van der Waals surface area contributed by atoms with Crippen LogP contribution < -0.4 is 4.74 Å². The molecule has 0 aliphatic carbocycles. The molecule has 0 saturated heterocycles. The summed E-state index contributed by atoms with van der Waals surface area (Å²) < 4.78 is 34.5. The zero-order chi connectivity index (χ0) is 12.2. The third-order valence-corrected chi connectivity index (χ3v) is 3.05. The van der Waals surface area contributed by atoms with Crippen LogP contribution in [0.15, 0.2) is 18.2 Å². The molecule has 1 rings (SSSR count). The van der Waals surface area contributed by atoms with Gasteiger partial charge in [-0.25, -0.2) is 0 Å². The second kappa shape index (κ2) is 5.72. The fourth-order valence-electron chi connectivity index (χ4n) is 1.01. The molecule has 0 amide bonds. The molecule has 0 heterocycles. The zero-order valence-electron chi connectivity index (χ0n) is 8.19. The van der Waals surface area contributed by atoms with Gasteiger partial charge in [0.1, 0.15) is 5.75 Å². The smallest absolute Gasteiger partial charge is 0.264 e. The Labute approximate surface area is 104 Å². The Morgan fingerprint density at radius 2 is 2.00 bits per heavy atom. The lowest BCUT2D eigenvalue weighted by Gasteiger charge is -2.07. The Morgan fingerprint density at radius 1 is 1.31 bits per heavy atom. The van der Waals surface area contributed by atoms with E-state index < -0.39 is 10.1 Å². The van der Waals surface area contributed by atoms with Crippen molar-refractivity contribution >= 4 is 33.3 Å². The van der Waals surface area contributed by atoms with Crippen molar-refractivity contribution in [3.8, 4) is 5.75 Å². The number of hydrogen-bond acceptors (Lipinski definition) is 3. The average molecular weight is 285 g/mol. The molecule has 0 aliphatic rings. The Morgan fingerprint density at radius 3 is 2.62 bits per heavy atom. The van der Waals surface area contributed by atoms with Crippen molar-refractivity contribution in [2.45, 2.75) is 6.42 Å². The monoisotopic (exact) mass is 284 g/mol. The Hall–Kier alpha value is -0.490. The largest absolute Gasteiger partial charge is 0.492 e. The molecule has 0 aliphatic heterocycles. The Bertz CT molecular complexity index is 459. The van der Waals surface area contributed by atoms with Crippen LogP contribution in [-0.2, 0) is 10.1 Å². The molecular formula is C9H10Cl2O4S. The normalized spacial score (nSPS) is 11.4. The zero-order valence-corrected chi connectivity index (χ0v) is 10.5. The van der Waals surface area contributed by atoms with E-state index in [0.29, 0.717) is 15.8 Å². The number of benzene rings is 1. The first-order valence-electron chi connectivity index (χ1n) is 4.41. The van der Waals surface area contributed by atoms with Crippen LogP contribution in [0, 0.1) is 0 Å². The highest BCUT2D eigenvalue weighted by atomic mass is 35.5. The van der Waals surface area contributed by atoms with Gasteiger partial charge in [-0.05, 0) is 18.6 Å². The first-order chi connectivity index (χ1) is 7.38. The van der Waals surface area contributed by atoms with Crippen LogP contribution in [0.5, 0.6) is 5.75 Å². The summed E-state index contributed by atoms with van der Waals surface area (Å²) in [6, 6.07) is 4.74. The summed E-state index contributed by atoms with van der Waals surface area (Å²) in [5, 5.41) is 0.880. The maximum atomic E-state index is 10.4. The van der Waals surface area contributed by atoms with Crippen LogP contribution in [0.3, 0.4) is 0 Å². The molecule has 90 valence electrons. The van der Waals surface area contributed by atoms with E-state index in [4.69, 9.17) is 32.5 Å². The lowest BCUT2D eigenvalue weighted by Crippen LogP contribution is -2.08. The molecular weight excluding hydrogens is 275 g/mol. The van der Waals surface area contributed by atoms with Crippen molar-refractivity contribution in [1.29, 1.82) is 0 Å². The topological polar surface area (TPSA) is 63.6 Å². The van der Waals surface area contributed by atoms with E-state index in [2.05, 4.69) is 0 Å². The van der Waals surface area contributed by atoms with Crippen LogP contribution in [0.4, 0.5) is 0 Å². The van der Waals surface area contributed by atoms with Crippen molar-refractivity contribution in [3.05, 3.63) is 28.2 Å². The molecule has 7 heteroatoms. The molecule has 0 spiro atoms. The summed E-state index contributed by atoms with van der Waals surface area (Å²) in [7, 11) is -3.94. The maximum absolute atomic E-state index is 10.4. The summed E-state index contributed by atoms with van der Waals surface area (Å²) in [6.45, 7) is 0.139. The number of rotatable bonds is 5. The molecule has 0 saturated carbocycles. The van der Waals surface area contributed by atoms with Crippen molar-refractivity contribution in [2.75, 3.05) is 12.4 Å². The van der Waals surface area contributed by atoms with Gasteiger partial charge in [0.2, 0.25) is 0 Å². The van der Waals surface area contributed by atoms with Crippen LogP contribution in [-0.4, -0.2) is 25.3 Å². The molecule has 1 N–H and O–H groups in total. The minimum atomic E-state index is -3.94. The fourth-order valence-corrected chi connectivity index (χ4v) is 1.83. The van der Waals surface area contributed by atoms with E-state index in [1.54, 1.807) is 12.1 Å². The van der Waals surface area contributed by atoms with Crippen molar-refractivity contribution in [3.63, 3.8) is 0 Å². The van der Waals surface area contributed by atoms with E-state index in [0.717, 1.165) is 0 Å². The van der Waals surface area contributed by atoms with Crippen LogP contribution in [0.2, 0.25) is 10.0 Å². The minimum absolute atomic E-state index is 0.139. The van der Waals surface area contributed by atoms with Crippen LogP contribution >= 0.6 is 23.2 Å². The van der Waals surface area contributed by atoms with E-state index >= 15 is 0 Å². The van der Waals surface area contributed by atoms with Crippen molar-refractivity contribution in [2.24, 2.45) is 0 Å². The number of halogens is 2. The molecule has 0 fully saturated rings.